The van der Waals surface area contributed by atoms with Gasteiger partial charge in [0.05, 0.1) is 5.54 Å². The van der Waals surface area contributed by atoms with Crippen LogP contribution in [-0.4, -0.2) is 32.8 Å². The lowest BCUT2D eigenvalue weighted by molar-refractivity contribution is -0.385. The van der Waals surface area contributed by atoms with Crippen molar-refractivity contribution in [1.29, 1.82) is 0 Å². The molecule has 0 aliphatic rings. The molecule has 1 aromatic carbocycles. The van der Waals surface area contributed by atoms with Crippen molar-refractivity contribution >= 4 is 0 Å². The summed E-state index contributed by atoms with van der Waals surface area (Å²) >= 11 is 0. The largest absolute Gasteiger partial charge is 0.329 e. The van der Waals surface area contributed by atoms with Gasteiger partial charge in [0.2, 0.25) is 0 Å². The number of benzene rings is 1. The van der Waals surface area contributed by atoms with E-state index in [0.29, 0.717) is 0 Å². The first-order valence-electron chi connectivity index (χ1n) is 9.55. The van der Waals surface area contributed by atoms with Gasteiger partial charge in [-0.1, -0.05) is 75.8 Å². The van der Waals surface area contributed by atoms with Crippen LogP contribution in [0.1, 0.15) is 63.9 Å². The number of hydrogen-bond acceptors (Lipinski definition) is 4. The van der Waals surface area contributed by atoms with Crippen LogP contribution in [0.4, 0.5) is 0 Å². The molecule has 2 N–H and O–H groups in total. The van der Waals surface area contributed by atoms with E-state index in [4.69, 9.17) is 19.9 Å². The highest BCUT2D eigenvalue weighted by Gasteiger charge is 2.50. The van der Waals surface area contributed by atoms with E-state index in [1.54, 1.807) is 21.3 Å². The van der Waals surface area contributed by atoms with Gasteiger partial charge in [0.25, 0.3) is 0 Å². The van der Waals surface area contributed by atoms with Crippen molar-refractivity contribution in [2.24, 2.45) is 5.73 Å². The molecule has 0 aliphatic heterocycles. The fourth-order valence-electron chi connectivity index (χ4n) is 3.52. The van der Waals surface area contributed by atoms with Crippen molar-refractivity contribution in [3.8, 4) is 0 Å². The predicted molar refractivity (Wildman–Crippen MR) is 103 cm³/mol. The van der Waals surface area contributed by atoms with E-state index in [2.05, 4.69) is 31.2 Å². The van der Waals surface area contributed by atoms with Crippen LogP contribution < -0.4 is 5.73 Å². The fraction of sp³-hybridized carbons (Fsp3) is 0.714. The van der Waals surface area contributed by atoms with Gasteiger partial charge in [-0.3, -0.25) is 0 Å². The van der Waals surface area contributed by atoms with Crippen molar-refractivity contribution < 1.29 is 14.2 Å². The Labute approximate surface area is 154 Å². The summed E-state index contributed by atoms with van der Waals surface area (Å²) in [5.74, 6) is -1.22. The molecule has 4 heteroatoms. The van der Waals surface area contributed by atoms with Crippen molar-refractivity contribution in [3.05, 3.63) is 35.9 Å². The second kappa shape index (κ2) is 11.6. The molecule has 0 aliphatic carbocycles. The van der Waals surface area contributed by atoms with Gasteiger partial charge in [0.1, 0.15) is 0 Å². The van der Waals surface area contributed by atoms with Gasteiger partial charge in [-0.15, -0.1) is 0 Å². The van der Waals surface area contributed by atoms with Gasteiger partial charge in [-0.2, -0.15) is 0 Å². The maximum Gasteiger partial charge on any atom is 0.301 e. The maximum atomic E-state index is 6.82. The zero-order valence-electron chi connectivity index (χ0n) is 16.6. The molecular formula is C21H37NO3. The van der Waals surface area contributed by atoms with Crippen LogP contribution in [-0.2, 0) is 20.6 Å². The molecule has 4 nitrogen and oxygen atoms in total. The number of ether oxygens (including phenoxy) is 3. The van der Waals surface area contributed by atoms with Crippen LogP contribution in [0.15, 0.2) is 30.3 Å². The molecule has 1 atom stereocenters. The molecule has 0 radical (unpaired) electrons. The van der Waals surface area contributed by atoms with Crippen molar-refractivity contribution in [2.75, 3.05) is 21.3 Å². The summed E-state index contributed by atoms with van der Waals surface area (Å²) in [5.41, 5.74) is 7.38. The molecular weight excluding hydrogens is 314 g/mol. The van der Waals surface area contributed by atoms with E-state index in [1.807, 2.05) is 6.07 Å². The molecule has 1 aromatic rings. The highest BCUT2D eigenvalue weighted by molar-refractivity contribution is 5.15. The minimum atomic E-state index is -1.22. The first kappa shape index (κ1) is 22.1. The summed E-state index contributed by atoms with van der Waals surface area (Å²) in [5, 5.41) is 0. The molecule has 0 saturated heterocycles. The van der Waals surface area contributed by atoms with E-state index in [0.717, 1.165) is 25.7 Å². The third-order valence-electron chi connectivity index (χ3n) is 5.10. The molecule has 1 unspecified atom stereocenters. The second-order valence-electron chi connectivity index (χ2n) is 6.83. The molecule has 0 amide bonds. The molecule has 0 fully saturated rings. The Bertz CT molecular complexity index is 439. The lowest BCUT2D eigenvalue weighted by Gasteiger charge is -2.44. The predicted octanol–water partition coefficient (Wildman–Crippen LogP) is 4.66. The standard InChI is InChI=1S/C21H37NO3/c1-5-6-7-8-9-13-17-20(22,21(23-2,24-3)25-4)18-16-19-14-11-10-12-15-19/h10-12,14-15H,5-9,13,16-18,22H2,1-4H3. The quantitative estimate of drug-likeness (QED) is 0.391. The van der Waals surface area contributed by atoms with Crippen molar-refractivity contribution in [1.82, 2.24) is 0 Å². The average molecular weight is 352 g/mol. The van der Waals surface area contributed by atoms with Crippen LogP contribution in [0, 0.1) is 0 Å². The molecule has 1 rings (SSSR count). The van der Waals surface area contributed by atoms with E-state index < -0.39 is 11.5 Å². The fourth-order valence-corrected chi connectivity index (χ4v) is 3.52. The molecule has 0 heterocycles. The zero-order chi connectivity index (χ0) is 18.6. The van der Waals surface area contributed by atoms with Gasteiger partial charge in [-0.25, -0.2) is 0 Å². The van der Waals surface area contributed by atoms with E-state index in [-0.39, 0.29) is 0 Å². The summed E-state index contributed by atoms with van der Waals surface area (Å²) in [6.07, 6.45) is 9.75. The third-order valence-corrected chi connectivity index (χ3v) is 5.10. The van der Waals surface area contributed by atoms with Gasteiger partial charge >= 0.3 is 5.97 Å². The Hall–Kier alpha value is -0.940. The van der Waals surface area contributed by atoms with Crippen LogP contribution in [0.3, 0.4) is 0 Å². The highest BCUT2D eigenvalue weighted by Crippen LogP contribution is 2.34. The van der Waals surface area contributed by atoms with Crippen LogP contribution in [0.2, 0.25) is 0 Å². The molecule has 0 aromatic heterocycles. The maximum absolute atomic E-state index is 6.82. The number of unbranched alkanes of at least 4 members (excludes halogenated alkanes) is 5. The Kier molecular flexibility index (Phi) is 10.3. The third kappa shape index (κ3) is 6.37. The number of nitrogens with two attached hydrogens (primary N) is 1. The number of hydrogen-bond donors (Lipinski definition) is 1. The normalized spacial score (nSPS) is 14.4. The second-order valence-corrected chi connectivity index (χ2v) is 6.83. The topological polar surface area (TPSA) is 53.7 Å². The first-order valence-corrected chi connectivity index (χ1v) is 9.55. The Morgan fingerprint density at radius 2 is 1.36 bits per heavy atom. The van der Waals surface area contributed by atoms with Gasteiger partial charge in [0.15, 0.2) is 0 Å². The minimum absolute atomic E-state index is 0.703. The first-order chi connectivity index (χ1) is 12.1. The van der Waals surface area contributed by atoms with Gasteiger partial charge in [-0.05, 0) is 24.8 Å². The zero-order valence-corrected chi connectivity index (χ0v) is 16.6. The lowest BCUT2D eigenvalue weighted by Crippen LogP contribution is -2.64. The summed E-state index contributed by atoms with van der Waals surface area (Å²) < 4.78 is 16.8. The number of rotatable bonds is 14. The summed E-state index contributed by atoms with van der Waals surface area (Å²) in [7, 11) is 4.79. The van der Waals surface area contributed by atoms with Gasteiger partial charge < -0.3 is 19.9 Å². The lowest BCUT2D eigenvalue weighted by atomic mass is 9.84. The smallest absolute Gasteiger partial charge is 0.301 e. The number of aryl methyl sites for hydroxylation is 1. The van der Waals surface area contributed by atoms with E-state index in [1.165, 1.54) is 37.7 Å². The highest BCUT2D eigenvalue weighted by atomic mass is 16.9. The Balaban J connectivity index is 2.74. The van der Waals surface area contributed by atoms with E-state index in [9.17, 15) is 0 Å². The van der Waals surface area contributed by atoms with Crippen LogP contribution in [0.5, 0.6) is 0 Å². The summed E-state index contributed by atoms with van der Waals surface area (Å²) in [4.78, 5) is 0. The average Bonchev–Trinajstić information content (AvgIpc) is 2.66. The number of methoxy groups -OCH3 is 3. The molecule has 0 spiro atoms. The Morgan fingerprint density at radius 3 is 1.92 bits per heavy atom. The molecule has 0 saturated carbocycles. The van der Waals surface area contributed by atoms with Crippen LogP contribution >= 0.6 is 0 Å². The monoisotopic (exact) mass is 351 g/mol. The Morgan fingerprint density at radius 1 is 0.800 bits per heavy atom. The molecule has 144 valence electrons. The minimum Gasteiger partial charge on any atom is -0.329 e. The SMILES string of the molecule is CCCCCCCCC(N)(CCc1ccccc1)C(OC)(OC)OC. The van der Waals surface area contributed by atoms with Crippen molar-refractivity contribution in [2.45, 2.75) is 76.2 Å². The van der Waals surface area contributed by atoms with E-state index >= 15 is 0 Å². The van der Waals surface area contributed by atoms with Crippen molar-refractivity contribution in [3.63, 3.8) is 0 Å². The molecule has 0 bridgehead atoms. The van der Waals surface area contributed by atoms with Gasteiger partial charge in [0, 0.05) is 21.3 Å². The summed E-state index contributed by atoms with van der Waals surface area (Å²) in [6.45, 7) is 2.23. The molecule has 25 heavy (non-hydrogen) atoms. The van der Waals surface area contributed by atoms with Crippen LogP contribution in [0.25, 0.3) is 0 Å². The summed E-state index contributed by atoms with van der Waals surface area (Å²) in [6, 6.07) is 10.4.